The third-order valence-corrected chi connectivity index (χ3v) is 3.60. The second-order valence-corrected chi connectivity index (χ2v) is 6.32. The Morgan fingerprint density at radius 2 is 1.62 bits per heavy atom. The first-order chi connectivity index (χ1) is 9.48. The van der Waals surface area contributed by atoms with Crippen LogP contribution in [0.3, 0.4) is 0 Å². The topological polar surface area (TPSA) is 82.1 Å². The van der Waals surface area contributed by atoms with Gasteiger partial charge in [-0.05, 0) is 34.1 Å². The van der Waals surface area contributed by atoms with Gasteiger partial charge in [0.15, 0.2) is 0 Å². The quantitative estimate of drug-likeness (QED) is 0.573. The molecule has 0 aromatic heterocycles. The summed E-state index contributed by atoms with van der Waals surface area (Å²) in [6.07, 6.45) is 0.464. The molecule has 0 aromatic carbocycles. The molecule has 1 fully saturated rings. The minimum Gasteiger partial charge on any atom is -0.428 e. The fourth-order valence-electron chi connectivity index (χ4n) is 2.77. The molecule has 1 aliphatic rings. The number of rotatable bonds is 4. The number of hydroxylamine groups is 2. The van der Waals surface area contributed by atoms with Crippen molar-refractivity contribution in [3.63, 3.8) is 0 Å². The van der Waals surface area contributed by atoms with Gasteiger partial charge in [-0.15, -0.1) is 5.06 Å². The fraction of sp³-hybridized carbons (Fsp3) is 0.786. The van der Waals surface area contributed by atoms with Crippen LogP contribution in [-0.4, -0.2) is 40.8 Å². The Bertz CT molecular complexity index is 443. The molecule has 0 saturated carbocycles. The maximum absolute atomic E-state index is 12.2. The molecule has 1 heterocycles. The van der Waals surface area contributed by atoms with Crippen LogP contribution in [0.2, 0.25) is 0 Å². The van der Waals surface area contributed by atoms with Crippen molar-refractivity contribution >= 4 is 17.9 Å². The third-order valence-electron chi connectivity index (χ3n) is 3.60. The van der Waals surface area contributed by atoms with E-state index in [2.05, 4.69) is 4.74 Å². The van der Waals surface area contributed by atoms with Crippen molar-refractivity contribution in [2.75, 3.05) is 6.79 Å². The second-order valence-electron chi connectivity index (χ2n) is 6.32. The van der Waals surface area contributed by atoms with Crippen molar-refractivity contribution in [1.82, 2.24) is 5.06 Å². The number of hydrogen-bond donors (Lipinski definition) is 0. The minimum atomic E-state index is -0.720. The molecule has 0 radical (unpaired) electrons. The summed E-state index contributed by atoms with van der Waals surface area (Å²) in [5.41, 5.74) is -1.22. The van der Waals surface area contributed by atoms with Crippen LogP contribution in [-0.2, 0) is 28.7 Å². The number of nitrogens with zero attached hydrogens (tertiary/aromatic N) is 1. The van der Waals surface area contributed by atoms with Gasteiger partial charge in [-0.3, -0.25) is 14.4 Å². The maximum atomic E-state index is 12.2. The molecule has 0 N–H and O–H groups in total. The van der Waals surface area contributed by atoms with E-state index >= 15 is 0 Å². The molecule has 1 atom stereocenters. The first kappa shape index (κ1) is 17.4. The number of carbonyl (C=O) groups is 3. The summed E-state index contributed by atoms with van der Waals surface area (Å²) in [5.74, 6) is -1.94. The molecule has 0 amide bonds. The van der Waals surface area contributed by atoms with Crippen LogP contribution in [0.25, 0.3) is 0 Å². The zero-order chi connectivity index (χ0) is 16.4. The Labute approximate surface area is 124 Å². The molecule has 7 nitrogen and oxygen atoms in total. The predicted octanol–water partition coefficient (Wildman–Crippen LogP) is 1.41. The summed E-state index contributed by atoms with van der Waals surface area (Å²) in [7, 11) is 0. The van der Waals surface area contributed by atoms with Gasteiger partial charge in [0.25, 0.3) is 0 Å². The Morgan fingerprint density at radius 1 is 1.05 bits per heavy atom. The van der Waals surface area contributed by atoms with E-state index in [1.54, 1.807) is 5.06 Å². The highest BCUT2D eigenvalue weighted by atomic mass is 16.7. The Morgan fingerprint density at radius 3 is 2.10 bits per heavy atom. The molecule has 7 heteroatoms. The van der Waals surface area contributed by atoms with Crippen LogP contribution in [0.4, 0.5) is 0 Å². The SMILES string of the molecule is CC(=O)OCOC(=O)[C@@H]1CC(C)(C)N(OC(C)=O)C1(C)C. The summed E-state index contributed by atoms with van der Waals surface area (Å²) < 4.78 is 9.57. The van der Waals surface area contributed by atoms with Crippen molar-refractivity contribution in [2.45, 2.75) is 59.0 Å². The van der Waals surface area contributed by atoms with Gasteiger partial charge < -0.3 is 14.3 Å². The van der Waals surface area contributed by atoms with Crippen LogP contribution >= 0.6 is 0 Å². The molecular formula is C14H23NO6. The molecule has 1 saturated heterocycles. The molecule has 0 aliphatic carbocycles. The largest absolute Gasteiger partial charge is 0.428 e. The number of carbonyl (C=O) groups excluding carboxylic acids is 3. The fourth-order valence-corrected chi connectivity index (χ4v) is 2.77. The van der Waals surface area contributed by atoms with E-state index in [0.717, 1.165) is 0 Å². The summed E-state index contributed by atoms with van der Waals surface area (Å²) >= 11 is 0. The zero-order valence-electron chi connectivity index (χ0n) is 13.4. The van der Waals surface area contributed by atoms with Crippen LogP contribution in [0.5, 0.6) is 0 Å². The summed E-state index contributed by atoms with van der Waals surface area (Å²) in [6, 6.07) is 0. The van der Waals surface area contributed by atoms with Gasteiger partial charge in [-0.2, -0.15) is 0 Å². The number of hydrogen-bond acceptors (Lipinski definition) is 7. The third kappa shape index (κ3) is 3.93. The maximum Gasteiger partial charge on any atom is 0.322 e. The molecule has 21 heavy (non-hydrogen) atoms. The van der Waals surface area contributed by atoms with Crippen LogP contribution in [0.1, 0.15) is 48.0 Å². The van der Waals surface area contributed by atoms with E-state index in [-0.39, 0.29) is 0 Å². The first-order valence-corrected chi connectivity index (χ1v) is 6.77. The highest BCUT2D eigenvalue weighted by molar-refractivity contribution is 5.75. The van der Waals surface area contributed by atoms with E-state index in [0.29, 0.717) is 6.42 Å². The molecule has 120 valence electrons. The van der Waals surface area contributed by atoms with Gasteiger partial charge in [0.2, 0.25) is 6.79 Å². The van der Waals surface area contributed by atoms with Gasteiger partial charge in [0, 0.05) is 13.8 Å². The smallest absolute Gasteiger partial charge is 0.322 e. The van der Waals surface area contributed by atoms with Crippen LogP contribution in [0.15, 0.2) is 0 Å². The second kappa shape index (κ2) is 6.01. The van der Waals surface area contributed by atoms with E-state index in [4.69, 9.17) is 9.57 Å². The molecule has 0 spiro atoms. The van der Waals surface area contributed by atoms with Gasteiger partial charge in [-0.25, -0.2) is 0 Å². The molecule has 0 bridgehead atoms. The summed E-state index contributed by atoms with van der Waals surface area (Å²) in [6.45, 7) is 9.53. The number of esters is 2. The standard InChI is InChI=1S/C14H23NO6/c1-9(16)19-8-20-12(18)11-7-13(3,4)15(14(11,5)6)21-10(2)17/h11H,7-8H2,1-6H3/t11-/m0/s1. The average molecular weight is 301 g/mol. The average Bonchev–Trinajstić information content (AvgIpc) is 2.48. The molecular weight excluding hydrogens is 278 g/mol. The van der Waals surface area contributed by atoms with Crippen molar-refractivity contribution in [1.29, 1.82) is 0 Å². The lowest BCUT2D eigenvalue weighted by Gasteiger charge is -2.38. The monoisotopic (exact) mass is 301 g/mol. The molecule has 0 unspecified atom stereocenters. The lowest BCUT2D eigenvalue weighted by atomic mass is 9.87. The highest BCUT2D eigenvalue weighted by Crippen LogP contribution is 2.45. The van der Waals surface area contributed by atoms with Gasteiger partial charge in [-0.1, -0.05) is 0 Å². The first-order valence-electron chi connectivity index (χ1n) is 6.77. The van der Waals surface area contributed by atoms with Crippen molar-refractivity contribution in [3.8, 4) is 0 Å². The summed E-state index contributed by atoms with van der Waals surface area (Å²) in [4.78, 5) is 39.4. The molecule has 0 aromatic rings. The van der Waals surface area contributed by atoms with Crippen LogP contribution in [0, 0.1) is 5.92 Å². The molecule has 1 aliphatic heterocycles. The predicted molar refractivity (Wildman–Crippen MR) is 72.6 cm³/mol. The van der Waals surface area contributed by atoms with Crippen molar-refractivity contribution in [3.05, 3.63) is 0 Å². The number of ether oxygens (including phenoxy) is 2. The Balaban J connectivity index is 2.82. The van der Waals surface area contributed by atoms with Crippen LogP contribution < -0.4 is 0 Å². The van der Waals surface area contributed by atoms with E-state index in [9.17, 15) is 14.4 Å². The van der Waals surface area contributed by atoms with E-state index in [1.807, 2.05) is 27.7 Å². The van der Waals surface area contributed by atoms with E-state index < -0.39 is 41.7 Å². The van der Waals surface area contributed by atoms with E-state index in [1.165, 1.54) is 13.8 Å². The Hall–Kier alpha value is -1.63. The van der Waals surface area contributed by atoms with Gasteiger partial charge >= 0.3 is 17.9 Å². The zero-order valence-corrected chi connectivity index (χ0v) is 13.4. The highest BCUT2D eigenvalue weighted by Gasteiger charge is 2.57. The lowest BCUT2D eigenvalue weighted by Crippen LogP contribution is -2.51. The van der Waals surface area contributed by atoms with Gasteiger partial charge in [0.05, 0.1) is 17.0 Å². The van der Waals surface area contributed by atoms with Crippen molar-refractivity contribution in [2.24, 2.45) is 5.92 Å². The minimum absolute atomic E-state index is 0.408. The summed E-state index contributed by atoms with van der Waals surface area (Å²) in [5, 5.41) is 1.54. The van der Waals surface area contributed by atoms with Gasteiger partial charge in [0.1, 0.15) is 0 Å². The lowest BCUT2D eigenvalue weighted by molar-refractivity contribution is -0.235. The normalized spacial score (nSPS) is 23.4. The van der Waals surface area contributed by atoms with Crippen molar-refractivity contribution < 1.29 is 28.7 Å². The molecule has 1 rings (SSSR count). The Kier molecular flexibility index (Phi) is 4.99.